The van der Waals surface area contributed by atoms with E-state index in [-0.39, 0.29) is 5.69 Å². The van der Waals surface area contributed by atoms with Crippen LogP contribution in [0.15, 0.2) is 84.9 Å². The Labute approximate surface area is 173 Å². The molecule has 4 rings (SSSR count). The van der Waals surface area contributed by atoms with Crippen LogP contribution in [-0.2, 0) is 0 Å². The number of carbonyl (C=O) groups is 1. The molecule has 0 aromatic heterocycles. The average Bonchev–Trinajstić information content (AvgIpc) is 2.78. The average molecular weight is 396 g/mol. The number of carbonyl (C=O) groups excluding carboxylic acids is 1. The maximum Gasteiger partial charge on any atom is 0.421 e. The second kappa shape index (κ2) is 8.33. The predicted octanol–water partition coefficient (Wildman–Crippen LogP) is 5.05. The van der Waals surface area contributed by atoms with Crippen molar-refractivity contribution in [2.45, 2.75) is 6.04 Å². The van der Waals surface area contributed by atoms with E-state index >= 15 is 0 Å². The molecule has 0 aliphatic carbocycles. The molecule has 0 saturated heterocycles. The number of non-ortho nitro benzene ring substituents is 1. The first kappa shape index (κ1) is 19.0. The van der Waals surface area contributed by atoms with E-state index in [1.807, 2.05) is 36.4 Å². The van der Waals surface area contributed by atoms with Crippen molar-refractivity contribution in [3.63, 3.8) is 0 Å². The van der Waals surface area contributed by atoms with E-state index in [2.05, 4.69) is 11.8 Å². The summed E-state index contributed by atoms with van der Waals surface area (Å²) in [6.45, 7) is 0. The molecule has 0 N–H and O–H groups in total. The van der Waals surface area contributed by atoms with Crippen LogP contribution in [-0.4, -0.2) is 17.1 Å². The Hall–Kier alpha value is -4.37. The van der Waals surface area contributed by atoms with Crippen LogP contribution in [0.5, 0.6) is 5.75 Å². The van der Waals surface area contributed by atoms with E-state index in [1.54, 1.807) is 42.5 Å². The fourth-order valence-electron chi connectivity index (χ4n) is 3.08. The number of hydrogen-bond acceptors (Lipinski definition) is 4. The molecular formula is C24H16N2O4. The number of amides is 1. The molecule has 146 valence electrons. The molecule has 1 heterocycles. The molecule has 3 aromatic rings. The molecule has 0 radical (unpaired) electrons. The molecule has 1 aliphatic rings. The van der Waals surface area contributed by atoms with Gasteiger partial charge in [0.15, 0.2) is 0 Å². The highest BCUT2D eigenvalue weighted by atomic mass is 16.6. The molecule has 0 fully saturated rings. The van der Waals surface area contributed by atoms with Gasteiger partial charge in [-0.1, -0.05) is 54.3 Å². The van der Waals surface area contributed by atoms with Gasteiger partial charge in [-0.15, -0.1) is 0 Å². The van der Waals surface area contributed by atoms with Crippen molar-refractivity contribution >= 4 is 23.5 Å². The van der Waals surface area contributed by atoms with Gasteiger partial charge in [-0.2, -0.15) is 0 Å². The third-order valence-corrected chi connectivity index (χ3v) is 4.50. The predicted molar refractivity (Wildman–Crippen MR) is 114 cm³/mol. The summed E-state index contributed by atoms with van der Waals surface area (Å²) in [5, 5.41) is 11.1. The zero-order valence-corrected chi connectivity index (χ0v) is 15.8. The van der Waals surface area contributed by atoms with Gasteiger partial charge in [-0.3, -0.25) is 15.0 Å². The Morgan fingerprint density at radius 3 is 2.40 bits per heavy atom. The second-order valence-corrected chi connectivity index (χ2v) is 6.49. The number of nitro groups is 1. The lowest BCUT2D eigenvalue weighted by Gasteiger charge is -2.30. The van der Waals surface area contributed by atoms with E-state index in [4.69, 9.17) is 4.74 Å². The van der Waals surface area contributed by atoms with Crippen molar-refractivity contribution in [1.82, 2.24) is 0 Å². The lowest BCUT2D eigenvalue weighted by molar-refractivity contribution is -0.384. The summed E-state index contributed by atoms with van der Waals surface area (Å²) in [6.07, 6.45) is 2.85. The van der Waals surface area contributed by atoms with Crippen LogP contribution in [0.3, 0.4) is 0 Å². The summed E-state index contributed by atoms with van der Waals surface area (Å²) in [7, 11) is 0. The molecule has 3 aromatic carbocycles. The molecule has 1 aliphatic heterocycles. The topological polar surface area (TPSA) is 72.7 Å². The summed E-state index contributed by atoms with van der Waals surface area (Å²) < 4.78 is 5.52. The number of nitrogens with zero attached hydrogens (tertiary/aromatic N) is 2. The molecular weight excluding hydrogens is 380 g/mol. The minimum atomic E-state index is -0.618. The van der Waals surface area contributed by atoms with E-state index in [0.717, 1.165) is 5.56 Å². The first-order chi connectivity index (χ1) is 14.6. The smallest absolute Gasteiger partial charge is 0.410 e. The van der Waals surface area contributed by atoms with Gasteiger partial charge in [-0.25, -0.2) is 4.79 Å². The monoisotopic (exact) mass is 396 g/mol. The summed E-state index contributed by atoms with van der Waals surface area (Å²) in [5.74, 6) is 6.55. The molecule has 1 atom stereocenters. The number of anilines is 1. The number of benzene rings is 3. The highest BCUT2D eigenvalue weighted by Gasteiger charge is 2.30. The molecule has 0 saturated carbocycles. The van der Waals surface area contributed by atoms with Gasteiger partial charge in [0.1, 0.15) is 11.8 Å². The minimum Gasteiger partial charge on any atom is -0.410 e. The standard InChI is InChI=1S/C24H16N2O4/c27-24(30-22-9-5-2-6-10-22)25-20(13-11-18-7-3-1-4-8-18)14-12-19-17-21(26(28)29)15-16-23(19)25/h1-10,12,14-17,20H. The third kappa shape index (κ3) is 4.05. The van der Waals surface area contributed by atoms with Crippen molar-refractivity contribution in [2.24, 2.45) is 0 Å². The molecule has 6 nitrogen and oxygen atoms in total. The number of rotatable bonds is 2. The normalized spacial score (nSPS) is 14.3. The quantitative estimate of drug-likeness (QED) is 0.345. The van der Waals surface area contributed by atoms with Crippen LogP contribution >= 0.6 is 0 Å². The van der Waals surface area contributed by atoms with Crippen LogP contribution < -0.4 is 9.64 Å². The van der Waals surface area contributed by atoms with Gasteiger partial charge in [0.2, 0.25) is 0 Å². The van der Waals surface area contributed by atoms with Gasteiger partial charge in [-0.05, 0) is 36.4 Å². The van der Waals surface area contributed by atoms with Crippen molar-refractivity contribution in [1.29, 1.82) is 0 Å². The minimum absolute atomic E-state index is 0.0522. The van der Waals surface area contributed by atoms with Gasteiger partial charge < -0.3 is 4.74 Å². The Bertz CT molecular complexity index is 1180. The first-order valence-electron chi connectivity index (χ1n) is 9.21. The van der Waals surface area contributed by atoms with Gasteiger partial charge in [0.25, 0.3) is 5.69 Å². The molecule has 1 unspecified atom stereocenters. The van der Waals surface area contributed by atoms with Gasteiger partial charge >= 0.3 is 6.09 Å². The third-order valence-electron chi connectivity index (χ3n) is 4.50. The van der Waals surface area contributed by atoms with Crippen molar-refractivity contribution in [3.8, 4) is 17.6 Å². The molecule has 0 spiro atoms. The highest BCUT2D eigenvalue weighted by Crippen LogP contribution is 2.32. The number of fused-ring (bicyclic) bond motifs is 1. The Morgan fingerprint density at radius 2 is 1.70 bits per heavy atom. The summed E-state index contributed by atoms with van der Waals surface area (Å²) in [6, 6.07) is 21.9. The van der Waals surface area contributed by atoms with Crippen LogP contribution in [0, 0.1) is 22.0 Å². The van der Waals surface area contributed by atoms with Crippen LogP contribution in [0.1, 0.15) is 11.1 Å². The van der Waals surface area contributed by atoms with E-state index in [9.17, 15) is 14.9 Å². The molecule has 0 bridgehead atoms. The SMILES string of the molecule is O=C(Oc1ccccc1)N1c2ccc([N+](=O)[O-])cc2C=CC1C#Cc1ccccc1. The summed E-state index contributed by atoms with van der Waals surface area (Å²) >= 11 is 0. The number of nitro benzene ring substituents is 1. The van der Waals surface area contributed by atoms with Crippen LogP contribution in [0.25, 0.3) is 6.08 Å². The van der Waals surface area contributed by atoms with E-state index in [0.29, 0.717) is 17.0 Å². The lowest BCUT2D eigenvalue weighted by Crippen LogP contribution is -2.42. The second-order valence-electron chi connectivity index (χ2n) is 6.49. The van der Waals surface area contributed by atoms with E-state index in [1.165, 1.54) is 17.0 Å². The zero-order valence-electron chi connectivity index (χ0n) is 15.8. The Kier molecular flexibility index (Phi) is 5.27. The molecule has 6 heteroatoms. The van der Waals surface area contributed by atoms with Crippen LogP contribution in [0.4, 0.5) is 16.2 Å². The van der Waals surface area contributed by atoms with Crippen LogP contribution in [0.2, 0.25) is 0 Å². The number of ether oxygens (including phenoxy) is 1. The van der Waals surface area contributed by atoms with Crippen molar-refractivity contribution < 1.29 is 14.5 Å². The number of para-hydroxylation sites is 1. The Morgan fingerprint density at radius 1 is 1.00 bits per heavy atom. The fourth-order valence-corrected chi connectivity index (χ4v) is 3.08. The van der Waals surface area contributed by atoms with Gasteiger partial charge in [0.05, 0.1) is 10.6 Å². The fraction of sp³-hybridized carbons (Fsp3) is 0.0417. The molecule has 30 heavy (non-hydrogen) atoms. The summed E-state index contributed by atoms with van der Waals surface area (Å²) in [5.41, 5.74) is 1.81. The van der Waals surface area contributed by atoms with Gasteiger partial charge in [0, 0.05) is 23.3 Å². The zero-order chi connectivity index (χ0) is 20.9. The largest absolute Gasteiger partial charge is 0.421 e. The highest BCUT2D eigenvalue weighted by molar-refractivity contribution is 5.96. The lowest BCUT2D eigenvalue weighted by atomic mass is 10.0. The Balaban J connectivity index is 1.72. The van der Waals surface area contributed by atoms with Crippen molar-refractivity contribution in [2.75, 3.05) is 4.90 Å². The molecule has 1 amide bonds. The summed E-state index contributed by atoms with van der Waals surface area (Å²) in [4.78, 5) is 25.1. The number of hydrogen-bond donors (Lipinski definition) is 0. The maximum atomic E-state index is 13.0. The first-order valence-corrected chi connectivity index (χ1v) is 9.21. The van der Waals surface area contributed by atoms with Crippen molar-refractivity contribution in [3.05, 3.63) is 106 Å². The maximum absolute atomic E-state index is 13.0. The van der Waals surface area contributed by atoms with E-state index < -0.39 is 17.1 Å².